The maximum absolute atomic E-state index is 12.1. The van der Waals surface area contributed by atoms with Gasteiger partial charge in [0.05, 0.1) is 12.1 Å². The highest BCUT2D eigenvalue weighted by atomic mass is 127. The van der Waals surface area contributed by atoms with Gasteiger partial charge in [-0.3, -0.25) is 0 Å². The Hall–Kier alpha value is -1.00. The van der Waals surface area contributed by atoms with Gasteiger partial charge in [-0.05, 0) is 13.3 Å². The fourth-order valence-electron chi connectivity index (χ4n) is 1.42. The van der Waals surface area contributed by atoms with Gasteiger partial charge in [-0.1, -0.05) is 12.1 Å². The molecule has 1 aromatic rings. The van der Waals surface area contributed by atoms with Gasteiger partial charge in [-0.15, -0.1) is 24.0 Å². The summed E-state index contributed by atoms with van der Waals surface area (Å²) in [6.07, 6.45) is -4.32. The number of halogens is 4. The minimum absolute atomic E-state index is 0. The molecule has 122 valence electrons. The van der Waals surface area contributed by atoms with Crippen LogP contribution in [0.4, 0.5) is 13.2 Å². The predicted molar refractivity (Wildman–Crippen MR) is 84.8 cm³/mol. The van der Waals surface area contributed by atoms with Crippen LogP contribution in [0, 0.1) is 0 Å². The third kappa shape index (κ3) is 8.79. The van der Waals surface area contributed by atoms with Crippen molar-refractivity contribution in [3.8, 4) is 0 Å². The van der Waals surface area contributed by atoms with E-state index in [0.29, 0.717) is 18.3 Å². The fraction of sp³-hybridized carbons (Fsp3) is 0.667. The molecule has 0 unspecified atom stereocenters. The molecule has 1 rings (SSSR count). The third-order valence-electron chi connectivity index (χ3n) is 2.41. The van der Waals surface area contributed by atoms with Gasteiger partial charge >= 0.3 is 6.18 Å². The molecule has 9 heteroatoms. The average molecular weight is 420 g/mol. The molecule has 0 aliphatic rings. The van der Waals surface area contributed by atoms with Crippen molar-refractivity contribution in [2.45, 2.75) is 39.4 Å². The van der Waals surface area contributed by atoms with Crippen LogP contribution in [0.2, 0.25) is 0 Å². The van der Waals surface area contributed by atoms with Crippen molar-refractivity contribution in [2.24, 2.45) is 4.99 Å². The van der Waals surface area contributed by atoms with E-state index in [0.717, 1.165) is 12.1 Å². The molecule has 1 aromatic heterocycles. The van der Waals surface area contributed by atoms with Crippen molar-refractivity contribution in [1.82, 2.24) is 15.8 Å². The summed E-state index contributed by atoms with van der Waals surface area (Å²) in [5.74, 6) is 0.904. The molecular formula is C12H20F3IN4O. The molecule has 2 N–H and O–H groups in total. The molecule has 0 atom stereocenters. The third-order valence-corrected chi connectivity index (χ3v) is 2.41. The molecule has 0 aliphatic carbocycles. The number of hydrogen-bond donors (Lipinski definition) is 2. The Balaban J connectivity index is 0.00000400. The second-order valence-electron chi connectivity index (χ2n) is 4.13. The molecule has 0 amide bonds. The van der Waals surface area contributed by atoms with Crippen LogP contribution in [-0.4, -0.2) is 30.4 Å². The van der Waals surface area contributed by atoms with E-state index in [9.17, 15) is 13.2 Å². The number of guanidine groups is 1. The molecule has 0 bridgehead atoms. The van der Waals surface area contributed by atoms with Crippen LogP contribution in [0.5, 0.6) is 0 Å². The first-order valence-electron chi connectivity index (χ1n) is 6.48. The quantitative estimate of drug-likeness (QED) is 0.422. The molecule has 1 heterocycles. The minimum Gasteiger partial charge on any atom is -0.359 e. The number of alkyl halides is 3. The summed E-state index contributed by atoms with van der Waals surface area (Å²) in [6, 6.07) is 1.78. The smallest absolute Gasteiger partial charge is 0.359 e. The summed E-state index contributed by atoms with van der Waals surface area (Å²) < 4.78 is 41.2. The Bertz CT molecular complexity index is 434. The van der Waals surface area contributed by atoms with E-state index in [4.69, 9.17) is 4.52 Å². The standard InChI is InChI=1S/C12H19F3N4O.HI/c1-3-9-7-10(20-19-9)8-18-11(16-4-2)17-6-5-12(13,14)15;/h7H,3-6,8H2,1-2H3,(H2,16,17,18);1H. The van der Waals surface area contributed by atoms with Crippen molar-refractivity contribution in [2.75, 3.05) is 13.1 Å². The highest BCUT2D eigenvalue weighted by molar-refractivity contribution is 14.0. The Labute approximate surface area is 138 Å². The first-order valence-corrected chi connectivity index (χ1v) is 6.48. The van der Waals surface area contributed by atoms with E-state index in [1.165, 1.54) is 0 Å². The molecule has 0 aliphatic heterocycles. The zero-order valence-electron chi connectivity index (χ0n) is 12.0. The lowest BCUT2D eigenvalue weighted by Gasteiger charge is -2.11. The molecule has 0 fully saturated rings. The molecule has 0 aromatic carbocycles. The van der Waals surface area contributed by atoms with Crippen LogP contribution in [0.1, 0.15) is 31.7 Å². The zero-order valence-corrected chi connectivity index (χ0v) is 14.3. The number of nitrogens with zero attached hydrogens (tertiary/aromatic N) is 2. The van der Waals surface area contributed by atoms with Gasteiger partial charge in [0.25, 0.3) is 0 Å². The van der Waals surface area contributed by atoms with Gasteiger partial charge in [0.1, 0.15) is 6.54 Å². The molecule has 0 spiro atoms. The monoisotopic (exact) mass is 420 g/mol. The van der Waals surface area contributed by atoms with Gasteiger partial charge < -0.3 is 15.2 Å². The lowest BCUT2D eigenvalue weighted by atomic mass is 10.3. The molecule has 5 nitrogen and oxygen atoms in total. The van der Waals surface area contributed by atoms with Gasteiger partial charge in [-0.2, -0.15) is 13.2 Å². The first-order chi connectivity index (χ1) is 9.44. The Morgan fingerprint density at radius 2 is 2.05 bits per heavy atom. The number of nitrogens with one attached hydrogen (secondary N) is 2. The van der Waals surface area contributed by atoms with E-state index >= 15 is 0 Å². The van der Waals surface area contributed by atoms with E-state index in [1.54, 1.807) is 6.07 Å². The summed E-state index contributed by atoms with van der Waals surface area (Å²) in [5, 5.41) is 9.31. The second kappa shape index (κ2) is 9.85. The normalized spacial score (nSPS) is 12.0. The average Bonchev–Trinajstić information content (AvgIpc) is 2.82. The predicted octanol–water partition coefficient (Wildman–Crippen LogP) is 2.86. The number of rotatable bonds is 6. The lowest BCUT2D eigenvalue weighted by molar-refractivity contribution is -0.132. The van der Waals surface area contributed by atoms with Crippen molar-refractivity contribution in [3.63, 3.8) is 0 Å². The van der Waals surface area contributed by atoms with Crippen molar-refractivity contribution >= 4 is 29.9 Å². The summed E-state index contributed by atoms with van der Waals surface area (Å²) >= 11 is 0. The van der Waals surface area contributed by atoms with Crippen LogP contribution in [0.15, 0.2) is 15.6 Å². The van der Waals surface area contributed by atoms with Crippen molar-refractivity contribution in [3.05, 3.63) is 17.5 Å². The number of aliphatic imine (C=N–C) groups is 1. The Kier molecular flexibility index (Phi) is 9.38. The SMILES string of the molecule is CCNC(=NCc1cc(CC)no1)NCCC(F)(F)F.I. The van der Waals surface area contributed by atoms with Gasteiger partial charge in [0.2, 0.25) is 0 Å². The molecule has 0 saturated carbocycles. The lowest BCUT2D eigenvalue weighted by Crippen LogP contribution is -2.38. The second-order valence-corrected chi connectivity index (χ2v) is 4.13. The number of aryl methyl sites for hydroxylation is 1. The first kappa shape index (κ1) is 20.0. The number of hydrogen-bond acceptors (Lipinski definition) is 3. The van der Waals surface area contributed by atoms with Crippen LogP contribution in [0.25, 0.3) is 0 Å². The summed E-state index contributed by atoms with van der Waals surface area (Å²) in [5.41, 5.74) is 0.824. The van der Waals surface area contributed by atoms with E-state index in [2.05, 4.69) is 20.8 Å². The van der Waals surface area contributed by atoms with E-state index in [-0.39, 0.29) is 37.1 Å². The summed E-state index contributed by atoms with van der Waals surface area (Å²) in [7, 11) is 0. The highest BCUT2D eigenvalue weighted by Gasteiger charge is 2.26. The molecular weight excluding hydrogens is 400 g/mol. The topological polar surface area (TPSA) is 62.5 Å². The van der Waals surface area contributed by atoms with Gasteiger partial charge in [-0.25, -0.2) is 4.99 Å². The van der Waals surface area contributed by atoms with Crippen LogP contribution < -0.4 is 10.6 Å². The van der Waals surface area contributed by atoms with Crippen molar-refractivity contribution in [1.29, 1.82) is 0 Å². The molecule has 21 heavy (non-hydrogen) atoms. The van der Waals surface area contributed by atoms with E-state index in [1.807, 2.05) is 13.8 Å². The Morgan fingerprint density at radius 3 is 2.57 bits per heavy atom. The van der Waals surface area contributed by atoms with Crippen molar-refractivity contribution < 1.29 is 17.7 Å². The molecule has 0 radical (unpaired) electrons. The summed E-state index contributed by atoms with van der Waals surface area (Å²) in [4.78, 5) is 4.14. The Morgan fingerprint density at radius 1 is 1.33 bits per heavy atom. The van der Waals surface area contributed by atoms with Gasteiger partial charge in [0, 0.05) is 19.2 Å². The highest BCUT2D eigenvalue weighted by Crippen LogP contribution is 2.18. The maximum Gasteiger partial charge on any atom is 0.390 e. The van der Waals surface area contributed by atoms with Gasteiger partial charge in [0.15, 0.2) is 11.7 Å². The maximum atomic E-state index is 12.1. The number of aromatic nitrogens is 1. The largest absolute Gasteiger partial charge is 0.390 e. The van der Waals surface area contributed by atoms with Crippen LogP contribution in [0.3, 0.4) is 0 Å². The van der Waals surface area contributed by atoms with E-state index < -0.39 is 12.6 Å². The summed E-state index contributed by atoms with van der Waals surface area (Å²) in [6.45, 7) is 4.37. The molecule has 0 saturated heterocycles. The fourth-order valence-corrected chi connectivity index (χ4v) is 1.42. The van der Waals surface area contributed by atoms with Crippen LogP contribution in [-0.2, 0) is 13.0 Å². The zero-order chi connectivity index (χ0) is 15.0. The minimum atomic E-state index is -4.18. The van der Waals surface area contributed by atoms with Crippen LogP contribution >= 0.6 is 24.0 Å².